The van der Waals surface area contributed by atoms with E-state index in [0.717, 1.165) is 113 Å². The highest BCUT2D eigenvalue weighted by Gasteiger charge is 2.61. The van der Waals surface area contributed by atoms with E-state index in [2.05, 4.69) is 36.4 Å². The smallest absolute Gasteiger partial charge is 0.255 e. The number of anilines is 4. The lowest BCUT2D eigenvalue weighted by atomic mass is 9.92. The first kappa shape index (κ1) is 43.4. The Labute approximate surface area is 385 Å². The zero-order valence-electron chi connectivity index (χ0n) is 37.4. The molecular formula is C48H60N10O7S. The zero-order valence-corrected chi connectivity index (χ0v) is 38.3. The van der Waals surface area contributed by atoms with E-state index in [1.807, 2.05) is 35.2 Å². The molecule has 3 aromatic rings. The van der Waals surface area contributed by atoms with Crippen LogP contribution in [0.4, 0.5) is 23.1 Å². The Hall–Kier alpha value is -5.17. The number of carbonyl (C=O) groups is 4. The lowest BCUT2D eigenvalue weighted by Crippen LogP contribution is -2.52. The standard InChI is InChI=1S/C48H60N10O7S/c59-37-5-1-4-36(26-37)58-43-40(48(15-16-48)46(58)63)28-49-47(52-43)50-33-13-19-56(20-14-33)66(64,65)38-6-2-3-34(27-38)55-23-21-53(22-24-55)29-31-11-17-54(18-12-31)35-7-8-39-32(25-35)30-57(45(39)62)41-9-10-42(60)51-44(41)61/h2-3,6-8,25,27-28,31,33,36-37,41,59H,1,4-5,9-24,26,29-30H2,(H,49,50,52)(H,51,60,61)/t36-,37-,41?/m1/s1. The second-order valence-corrected chi connectivity index (χ2v) is 21.9. The molecule has 350 valence electrons. The van der Waals surface area contributed by atoms with E-state index in [1.165, 1.54) is 0 Å². The fourth-order valence-electron chi connectivity index (χ4n) is 11.8. The Morgan fingerprint density at radius 3 is 2.33 bits per heavy atom. The average Bonchev–Trinajstić information content (AvgIpc) is 4.02. The average molecular weight is 921 g/mol. The number of imide groups is 1. The summed E-state index contributed by atoms with van der Waals surface area (Å²) in [4.78, 5) is 71.5. The summed E-state index contributed by atoms with van der Waals surface area (Å²) in [7, 11) is -3.71. The number of nitrogens with zero attached hydrogens (tertiary/aromatic N) is 8. The van der Waals surface area contributed by atoms with Crippen molar-refractivity contribution < 1.29 is 32.7 Å². The molecule has 7 heterocycles. The Bertz CT molecular complexity index is 2530. The first-order valence-corrected chi connectivity index (χ1v) is 25.6. The molecule has 18 heteroatoms. The van der Waals surface area contributed by atoms with E-state index < -0.39 is 33.5 Å². The van der Waals surface area contributed by atoms with Gasteiger partial charge in [-0.3, -0.25) is 34.3 Å². The molecule has 2 aliphatic carbocycles. The van der Waals surface area contributed by atoms with Crippen molar-refractivity contribution in [3.05, 3.63) is 65.4 Å². The van der Waals surface area contributed by atoms with E-state index in [4.69, 9.17) is 4.98 Å². The Kier molecular flexibility index (Phi) is 11.3. The largest absolute Gasteiger partial charge is 0.393 e. The van der Waals surface area contributed by atoms with E-state index in [-0.39, 0.29) is 36.2 Å². The molecular weight excluding hydrogens is 861 g/mol. The van der Waals surface area contributed by atoms with Crippen molar-refractivity contribution in [2.24, 2.45) is 5.92 Å². The predicted octanol–water partition coefficient (Wildman–Crippen LogP) is 3.22. The van der Waals surface area contributed by atoms with Gasteiger partial charge in [-0.25, -0.2) is 13.4 Å². The van der Waals surface area contributed by atoms with Gasteiger partial charge in [-0.15, -0.1) is 0 Å². The molecule has 1 spiro atoms. The van der Waals surface area contributed by atoms with Gasteiger partial charge in [-0.1, -0.05) is 6.07 Å². The predicted molar refractivity (Wildman–Crippen MR) is 247 cm³/mol. The summed E-state index contributed by atoms with van der Waals surface area (Å²) in [5.41, 5.74) is 3.98. The normalized spacial score (nSPS) is 26.5. The lowest BCUT2D eigenvalue weighted by Gasteiger charge is -2.40. The van der Waals surface area contributed by atoms with Crippen LogP contribution in [0.1, 0.15) is 98.5 Å². The molecule has 11 rings (SSSR count). The highest BCUT2D eigenvalue weighted by atomic mass is 32.2. The molecule has 66 heavy (non-hydrogen) atoms. The number of aliphatic hydroxyl groups excluding tert-OH is 1. The van der Waals surface area contributed by atoms with E-state index in [0.29, 0.717) is 73.5 Å². The fourth-order valence-corrected chi connectivity index (χ4v) is 13.3. The number of rotatable bonds is 10. The first-order chi connectivity index (χ1) is 31.9. The summed E-state index contributed by atoms with van der Waals surface area (Å²) >= 11 is 0. The first-order valence-electron chi connectivity index (χ1n) is 24.2. The molecule has 4 saturated heterocycles. The van der Waals surface area contributed by atoms with Crippen LogP contribution in [0.2, 0.25) is 0 Å². The van der Waals surface area contributed by atoms with Crippen LogP contribution in [0.5, 0.6) is 0 Å². The van der Waals surface area contributed by atoms with Gasteiger partial charge < -0.3 is 25.1 Å². The number of fused-ring (bicyclic) bond motifs is 3. The molecule has 1 aromatic heterocycles. The van der Waals surface area contributed by atoms with Gasteiger partial charge in [0.1, 0.15) is 11.9 Å². The number of hydrogen-bond donors (Lipinski definition) is 3. The van der Waals surface area contributed by atoms with Gasteiger partial charge in [0.2, 0.25) is 33.7 Å². The third kappa shape index (κ3) is 8.00. The number of nitrogens with one attached hydrogen (secondary N) is 2. The molecule has 3 atom stereocenters. The molecule has 1 unspecified atom stereocenters. The Morgan fingerprint density at radius 1 is 0.833 bits per heavy atom. The maximum absolute atomic E-state index is 14.0. The number of piperidine rings is 3. The molecule has 4 amide bonds. The van der Waals surface area contributed by atoms with Crippen LogP contribution in [0, 0.1) is 5.92 Å². The summed E-state index contributed by atoms with van der Waals surface area (Å²) in [6.45, 7) is 7.49. The van der Waals surface area contributed by atoms with E-state index in [1.54, 1.807) is 21.5 Å². The van der Waals surface area contributed by atoms with Crippen LogP contribution in [0.3, 0.4) is 0 Å². The minimum Gasteiger partial charge on any atom is -0.393 e. The number of aliphatic hydroxyl groups is 1. The molecule has 2 saturated carbocycles. The third-order valence-corrected chi connectivity index (χ3v) is 17.8. The Morgan fingerprint density at radius 2 is 1.59 bits per heavy atom. The molecule has 8 aliphatic rings. The molecule has 6 aliphatic heterocycles. The topological polar surface area (TPSA) is 192 Å². The highest BCUT2D eigenvalue weighted by molar-refractivity contribution is 7.89. The van der Waals surface area contributed by atoms with Gasteiger partial charge in [-0.2, -0.15) is 9.29 Å². The minimum atomic E-state index is -3.71. The number of hydrogen-bond acceptors (Lipinski definition) is 13. The van der Waals surface area contributed by atoms with Crippen LogP contribution in [0.15, 0.2) is 53.6 Å². The maximum Gasteiger partial charge on any atom is 0.255 e. The van der Waals surface area contributed by atoms with Gasteiger partial charge >= 0.3 is 0 Å². The summed E-state index contributed by atoms with van der Waals surface area (Å²) in [6, 6.07) is 12.7. The van der Waals surface area contributed by atoms with Crippen molar-refractivity contribution >= 4 is 56.8 Å². The lowest BCUT2D eigenvalue weighted by molar-refractivity contribution is -0.137. The monoisotopic (exact) mass is 920 g/mol. The van der Waals surface area contributed by atoms with E-state index >= 15 is 0 Å². The second-order valence-electron chi connectivity index (χ2n) is 19.9. The summed E-state index contributed by atoms with van der Waals surface area (Å²) in [5, 5.41) is 16.2. The zero-order chi connectivity index (χ0) is 45.3. The molecule has 0 bridgehead atoms. The number of carbonyl (C=O) groups excluding carboxylic acids is 4. The van der Waals surface area contributed by atoms with Crippen molar-refractivity contribution in [3.63, 3.8) is 0 Å². The fraction of sp³-hybridized carbons (Fsp3) is 0.583. The summed E-state index contributed by atoms with van der Waals surface area (Å²) < 4.78 is 29.6. The number of benzene rings is 2. The quantitative estimate of drug-likeness (QED) is 0.252. The molecule has 17 nitrogen and oxygen atoms in total. The number of piperazine rings is 1. The van der Waals surface area contributed by atoms with Crippen LogP contribution in [-0.2, 0) is 36.4 Å². The highest BCUT2D eigenvalue weighted by Crippen LogP contribution is 2.57. The van der Waals surface area contributed by atoms with Crippen molar-refractivity contribution in [2.75, 3.05) is 78.9 Å². The van der Waals surface area contributed by atoms with Crippen molar-refractivity contribution in [1.29, 1.82) is 0 Å². The Balaban J connectivity index is 0.645. The van der Waals surface area contributed by atoms with Crippen molar-refractivity contribution in [1.82, 2.24) is 29.4 Å². The number of amides is 4. The minimum absolute atomic E-state index is 0.0129. The van der Waals surface area contributed by atoms with Crippen LogP contribution in [0.25, 0.3) is 0 Å². The van der Waals surface area contributed by atoms with Crippen molar-refractivity contribution in [2.45, 2.75) is 118 Å². The van der Waals surface area contributed by atoms with Crippen LogP contribution >= 0.6 is 0 Å². The second kappa shape index (κ2) is 17.2. The number of sulfonamides is 1. The molecule has 0 radical (unpaired) electrons. The molecule has 3 N–H and O–H groups in total. The van der Waals surface area contributed by atoms with Gasteiger partial charge in [0, 0.05) is 113 Å². The van der Waals surface area contributed by atoms with Gasteiger partial charge in [0.25, 0.3) is 5.91 Å². The maximum atomic E-state index is 14.0. The third-order valence-electron chi connectivity index (χ3n) is 15.9. The summed E-state index contributed by atoms with van der Waals surface area (Å²) in [5.74, 6) is 0.967. The molecule has 2 aromatic carbocycles. The number of aromatic nitrogens is 2. The SMILES string of the molecule is O=C1CCC(N2Cc3cc(N4CCC(CN5CCN(c6cccc(S(=O)(=O)N7CCC(Nc8ncc9c(n8)N([C@@H]8CCC[C@@H](O)C8)C(=O)C98CC8)CC7)c6)CC5)CC4)ccc3C2=O)C(=O)N1. The van der Waals surface area contributed by atoms with Crippen LogP contribution in [-0.4, -0.2) is 144 Å². The van der Waals surface area contributed by atoms with Crippen molar-refractivity contribution in [3.8, 4) is 0 Å². The summed E-state index contributed by atoms with van der Waals surface area (Å²) in [6.07, 6.45) is 10.0. The molecule has 6 fully saturated rings. The van der Waals surface area contributed by atoms with Crippen LogP contribution < -0.4 is 25.3 Å². The van der Waals surface area contributed by atoms with Gasteiger partial charge in [0.15, 0.2) is 0 Å². The van der Waals surface area contributed by atoms with Gasteiger partial charge in [-0.05, 0) is 119 Å². The van der Waals surface area contributed by atoms with Gasteiger partial charge in [0.05, 0.1) is 16.4 Å². The van der Waals surface area contributed by atoms with E-state index in [9.17, 15) is 32.7 Å².